The maximum atomic E-state index is 12.7. The highest BCUT2D eigenvalue weighted by molar-refractivity contribution is 7.92. The van der Waals surface area contributed by atoms with E-state index in [1.807, 2.05) is 0 Å². The van der Waals surface area contributed by atoms with Crippen LogP contribution >= 0.6 is 0 Å². The largest absolute Gasteiger partial charge is 0.490 e. The summed E-state index contributed by atoms with van der Waals surface area (Å²) in [7, 11) is -3.85. The van der Waals surface area contributed by atoms with Crippen LogP contribution in [0.25, 0.3) is 0 Å². The number of hydrogen-bond donors (Lipinski definition) is 2. The van der Waals surface area contributed by atoms with E-state index in [0.29, 0.717) is 36.8 Å². The fourth-order valence-electron chi connectivity index (χ4n) is 2.52. The van der Waals surface area contributed by atoms with Crippen LogP contribution in [-0.4, -0.2) is 34.1 Å². The molecule has 3 rings (SSSR count). The van der Waals surface area contributed by atoms with Gasteiger partial charge in [0, 0.05) is 30.3 Å². The second-order valence-electron chi connectivity index (χ2n) is 5.84. The van der Waals surface area contributed by atoms with Gasteiger partial charge in [-0.25, -0.2) is 8.42 Å². The first-order valence-electron chi connectivity index (χ1n) is 8.41. The Morgan fingerprint density at radius 2 is 1.89 bits per heavy atom. The minimum Gasteiger partial charge on any atom is -0.490 e. The third kappa shape index (κ3) is 4.59. The minimum absolute atomic E-state index is 0.0493. The number of anilines is 1. The SMILES string of the molecule is C=CCNC(=O)c1cccc(NS(=O)(=O)c2ccc3c(c2)OCCCO3)c1. The molecule has 1 aliphatic heterocycles. The number of carbonyl (C=O) groups excluding carboxylic acids is 1. The van der Waals surface area contributed by atoms with Crippen LogP contribution in [0, 0.1) is 0 Å². The van der Waals surface area contributed by atoms with E-state index in [-0.39, 0.29) is 16.5 Å². The summed E-state index contributed by atoms with van der Waals surface area (Å²) >= 11 is 0. The number of sulfonamides is 1. The average Bonchev–Trinajstić information content (AvgIpc) is 2.90. The molecule has 2 N–H and O–H groups in total. The van der Waals surface area contributed by atoms with Crippen molar-refractivity contribution in [1.82, 2.24) is 5.32 Å². The molecule has 0 saturated carbocycles. The average molecular weight is 388 g/mol. The van der Waals surface area contributed by atoms with Crippen molar-refractivity contribution in [3.05, 3.63) is 60.7 Å². The van der Waals surface area contributed by atoms with Crippen molar-refractivity contribution in [2.24, 2.45) is 0 Å². The van der Waals surface area contributed by atoms with Crippen molar-refractivity contribution in [2.75, 3.05) is 24.5 Å². The smallest absolute Gasteiger partial charge is 0.262 e. The maximum absolute atomic E-state index is 12.7. The Morgan fingerprint density at radius 3 is 2.67 bits per heavy atom. The lowest BCUT2D eigenvalue weighted by Gasteiger charge is -2.12. The summed E-state index contributed by atoms with van der Waals surface area (Å²) in [4.78, 5) is 12.1. The van der Waals surface area contributed by atoms with E-state index in [1.165, 1.54) is 18.2 Å². The minimum atomic E-state index is -3.85. The summed E-state index contributed by atoms with van der Waals surface area (Å²) < 4.78 is 39.0. The van der Waals surface area contributed by atoms with E-state index in [1.54, 1.807) is 30.3 Å². The molecule has 0 aliphatic carbocycles. The number of fused-ring (bicyclic) bond motifs is 1. The lowest BCUT2D eigenvalue weighted by molar-refractivity contribution is 0.0958. The molecule has 142 valence electrons. The number of carbonyl (C=O) groups is 1. The molecule has 0 aromatic heterocycles. The number of benzene rings is 2. The molecule has 0 fully saturated rings. The number of hydrogen-bond acceptors (Lipinski definition) is 5. The van der Waals surface area contributed by atoms with Gasteiger partial charge in [0.2, 0.25) is 0 Å². The zero-order valence-corrected chi connectivity index (χ0v) is 15.4. The van der Waals surface area contributed by atoms with Gasteiger partial charge in [-0.2, -0.15) is 0 Å². The lowest BCUT2D eigenvalue weighted by atomic mass is 10.2. The van der Waals surface area contributed by atoms with E-state index >= 15 is 0 Å². The molecule has 0 radical (unpaired) electrons. The fourth-order valence-corrected chi connectivity index (χ4v) is 3.58. The van der Waals surface area contributed by atoms with Crippen LogP contribution in [0.3, 0.4) is 0 Å². The third-order valence-electron chi connectivity index (χ3n) is 3.81. The summed E-state index contributed by atoms with van der Waals surface area (Å²) in [5.74, 6) is 0.604. The van der Waals surface area contributed by atoms with Crippen molar-refractivity contribution in [2.45, 2.75) is 11.3 Å². The van der Waals surface area contributed by atoms with E-state index in [4.69, 9.17) is 9.47 Å². The predicted molar refractivity (Wildman–Crippen MR) is 102 cm³/mol. The molecule has 2 aromatic carbocycles. The van der Waals surface area contributed by atoms with Gasteiger partial charge in [-0.15, -0.1) is 6.58 Å². The van der Waals surface area contributed by atoms with Gasteiger partial charge in [0.1, 0.15) is 0 Å². The summed E-state index contributed by atoms with van der Waals surface area (Å²) in [6.45, 7) is 4.85. The van der Waals surface area contributed by atoms with E-state index < -0.39 is 10.0 Å². The van der Waals surface area contributed by atoms with Gasteiger partial charge in [-0.3, -0.25) is 9.52 Å². The van der Waals surface area contributed by atoms with Crippen molar-refractivity contribution in [3.8, 4) is 11.5 Å². The van der Waals surface area contributed by atoms with Crippen molar-refractivity contribution in [3.63, 3.8) is 0 Å². The van der Waals surface area contributed by atoms with Gasteiger partial charge in [0.05, 0.1) is 18.1 Å². The van der Waals surface area contributed by atoms with Gasteiger partial charge in [-0.05, 0) is 30.3 Å². The van der Waals surface area contributed by atoms with E-state index in [9.17, 15) is 13.2 Å². The summed E-state index contributed by atoms with van der Waals surface area (Å²) in [6.07, 6.45) is 2.30. The van der Waals surface area contributed by atoms with Crippen LogP contribution in [0.4, 0.5) is 5.69 Å². The van der Waals surface area contributed by atoms with Crippen LogP contribution in [0.5, 0.6) is 11.5 Å². The Kier molecular flexibility index (Phi) is 5.66. The van der Waals surface area contributed by atoms with E-state index in [0.717, 1.165) is 6.42 Å². The van der Waals surface area contributed by atoms with Gasteiger partial charge in [0.15, 0.2) is 11.5 Å². The maximum Gasteiger partial charge on any atom is 0.262 e. The molecule has 1 amide bonds. The molecule has 1 heterocycles. The van der Waals surface area contributed by atoms with E-state index in [2.05, 4.69) is 16.6 Å². The Morgan fingerprint density at radius 1 is 1.11 bits per heavy atom. The lowest BCUT2D eigenvalue weighted by Crippen LogP contribution is -2.23. The number of amides is 1. The van der Waals surface area contributed by atoms with Gasteiger partial charge in [0.25, 0.3) is 15.9 Å². The Hall–Kier alpha value is -3.00. The van der Waals surface area contributed by atoms with Crippen molar-refractivity contribution < 1.29 is 22.7 Å². The van der Waals surface area contributed by atoms with Crippen LogP contribution in [0.2, 0.25) is 0 Å². The Bertz CT molecular complexity index is 956. The Labute approximate surface area is 158 Å². The number of rotatable bonds is 6. The summed E-state index contributed by atoms with van der Waals surface area (Å²) in [5.41, 5.74) is 0.629. The molecule has 1 aliphatic rings. The van der Waals surface area contributed by atoms with Crippen LogP contribution in [0.15, 0.2) is 60.0 Å². The van der Waals surface area contributed by atoms with Gasteiger partial charge in [-0.1, -0.05) is 12.1 Å². The molecule has 0 bridgehead atoms. The zero-order valence-electron chi connectivity index (χ0n) is 14.6. The van der Waals surface area contributed by atoms with Crippen LogP contribution < -0.4 is 19.5 Å². The number of nitrogens with one attached hydrogen (secondary N) is 2. The number of ether oxygens (including phenoxy) is 2. The second kappa shape index (κ2) is 8.13. The first kappa shape index (κ1) is 18.8. The summed E-state index contributed by atoms with van der Waals surface area (Å²) in [5, 5.41) is 2.65. The summed E-state index contributed by atoms with van der Waals surface area (Å²) in [6, 6.07) is 10.7. The third-order valence-corrected chi connectivity index (χ3v) is 5.19. The molecular formula is C19H20N2O5S. The first-order valence-corrected chi connectivity index (χ1v) is 9.89. The van der Waals surface area contributed by atoms with Crippen molar-refractivity contribution in [1.29, 1.82) is 0 Å². The molecule has 27 heavy (non-hydrogen) atoms. The first-order chi connectivity index (χ1) is 13.0. The fraction of sp³-hybridized carbons (Fsp3) is 0.211. The van der Waals surface area contributed by atoms with Crippen molar-refractivity contribution >= 4 is 21.6 Å². The Balaban J connectivity index is 1.81. The second-order valence-corrected chi connectivity index (χ2v) is 7.53. The molecule has 0 spiro atoms. The van der Waals surface area contributed by atoms with Crippen LogP contribution in [-0.2, 0) is 10.0 Å². The van der Waals surface area contributed by atoms with Crippen LogP contribution in [0.1, 0.15) is 16.8 Å². The molecule has 0 saturated heterocycles. The molecule has 7 nitrogen and oxygen atoms in total. The predicted octanol–water partition coefficient (Wildman–Crippen LogP) is 2.56. The molecular weight excluding hydrogens is 368 g/mol. The molecule has 8 heteroatoms. The zero-order chi connectivity index (χ0) is 19.3. The molecule has 0 unspecified atom stereocenters. The monoisotopic (exact) mass is 388 g/mol. The highest BCUT2D eigenvalue weighted by Gasteiger charge is 2.19. The van der Waals surface area contributed by atoms with Gasteiger partial charge < -0.3 is 14.8 Å². The molecule has 0 atom stereocenters. The normalized spacial score (nSPS) is 13.3. The quantitative estimate of drug-likeness (QED) is 0.742. The topological polar surface area (TPSA) is 93.7 Å². The standard InChI is InChI=1S/C19H20N2O5S/c1-2-9-20-19(22)14-5-3-6-15(12-14)21-27(23,24)16-7-8-17-18(13-16)26-11-4-10-25-17/h2-3,5-8,12-13,21H,1,4,9-11H2,(H,20,22). The van der Waals surface area contributed by atoms with Gasteiger partial charge >= 0.3 is 0 Å². The highest BCUT2D eigenvalue weighted by atomic mass is 32.2. The molecule has 2 aromatic rings. The highest BCUT2D eigenvalue weighted by Crippen LogP contribution is 2.32.